The molecule has 5 nitrogen and oxygen atoms in total. The topological polar surface area (TPSA) is 61.4 Å². The Labute approximate surface area is 145 Å². The van der Waals surface area contributed by atoms with Crippen molar-refractivity contribution in [3.05, 3.63) is 59.4 Å². The van der Waals surface area contributed by atoms with Crippen LogP contribution in [0, 0.1) is 12.7 Å². The molecule has 3 amide bonds. The van der Waals surface area contributed by atoms with Gasteiger partial charge in [-0.1, -0.05) is 24.3 Å². The summed E-state index contributed by atoms with van der Waals surface area (Å²) in [4.78, 5) is 26.0. The molecule has 130 valence electrons. The lowest BCUT2D eigenvalue weighted by atomic mass is 9.97. The first-order valence-electron chi connectivity index (χ1n) is 8.23. The van der Waals surface area contributed by atoms with Gasteiger partial charge in [-0.2, -0.15) is 0 Å². The number of carbonyl (C=O) groups is 2. The van der Waals surface area contributed by atoms with E-state index >= 15 is 0 Å². The van der Waals surface area contributed by atoms with E-state index in [-0.39, 0.29) is 12.4 Å². The fourth-order valence-electron chi connectivity index (χ4n) is 3.15. The van der Waals surface area contributed by atoms with E-state index in [9.17, 15) is 14.0 Å². The zero-order chi connectivity index (χ0) is 17.8. The molecule has 0 aromatic heterocycles. The largest absolute Gasteiger partial charge is 0.362 e. The van der Waals surface area contributed by atoms with Gasteiger partial charge in [-0.3, -0.25) is 10.1 Å². The van der Waals surface area contributed by atoms with E-state index in [1.54, 1.807) is 30.3 Å². The number of anilines is 2. The van der Waals surface area contributed by atoms with E-state index < -0.39 is 11.9 Å². The van der Waals surface area contributed by atoms with Gasteiger partial charge in [0.05, 0.1) is 6.54 Å². The molecule has 25 heavy (non-hydrogen) atoms. The number of nitrogens with one attached hydrogen (secondary N) is 2. The first-order chi connectivity index (χ1) is 12.0. The molecule has 0 saturated heterocycles. The molecule has 0 radical (unpaired) electrons. The Kier molecular flexibility index (Phi) is 4.97. The maximum absolute atomic E-state index is 14.0. The van der Waals surface area contributed by atoms with Crippen molar-refractivity contribution in [3.63, 3.8) is 0 Å². The van der Waals surface area contributed by atoms with Gasteiger partial charge in [0.25, 0.3) is 0 Å². The summed E-state index contributed by atoms with van der Waals surface area (Å²) in [6, 6.07) is 11.5. The molecule has 0 unspecified atom stereocenters. The zero-order valence-electron chi connectivity index (χ0n) is 14.0. The minimum atomic E-state index is -0.579. The lowest BCUT2D eigenvalue weighted by molar-refractivity contribution is -0.118. The number of para-hydroxylation sites is 1. The van der Waals surface area contributed by atoms with E-state index in [1.807, 2.05) is 17.9 Å². The summed E-state index contributed by atoms with van der Waals surface area (Å²) in [5, 5.41) is 4.92. The van der Waals surface area contributed by atoms with Gasteiger partial charge in [0.15, 0.2) is 0 Å². The number of fused-ring (bicyclic) bond motifs is 1. The third-order valence-electron chi connectivity index (χ3n) is 4.22. The van der Waals surface area contributed by atoms with Gasteiger partial charge in [0, 0.05) is 23.5 Å². The van der Waals surface area contributed by atoms with Crippen LogP contribution in [-0.4, -0.2) is 25.0 Å². The van der Waals surface area contributed by atoms with Gasteiger partial charge in [-0.05, 0) is 43.5 Å². The van der Waals surface area contributed by atoms with E-state index in [1.165, 1.54) is 6.07 Å². The molecule has 1 aliphatic heterocycles. The second kappa shape index (κ2) is 7.34. The second-order valence-corrected chi connectivity index (χ2v) is 6.08. The number of halogens is 1. The fraction of sp³-hybridized carbons (Fsp3) is 0.263. The standard InChI is InChI=1S/C19H20FN3O2/c1-13-9-10-16(20)15-8-5-11-23(18(13)15)12-17(24)22-19(25)21-14-6-3-2-4-7-14/h2-4,6-7,9-10H,5,8,11-12H2,1H3,(H2,21,22,24,25). The molecule has 1 aliphatic rings. The number of nitrogens with zero attached hydrogens (tertiary/aromatic N) is 1. The number of benzene rings is 2. The Morgan fingerprint density at radius 2 is 1.92 bits per heavy atom. The van der Waals surface area contributed by atoms with Crippen LogP contribution in [0.1, 0.15) is 17.5 Å². The SMILES string of the molecule is Cc1ccc(F)c2c1N(CC(=O)NC(=O)Nc1ccccc1)CCC2. The second-order valence-electron chi connectivity index (χ2n) is 6.08. The van der Waals surface area contributed by atoms with Crippen LogP contribution in [0.2, 0.25) is 0 Å². The maximum Gasteiger partial charge on any atom is 0.325 e. The Morgan fingerprint density at radius 3 is 2.68 bits per heavy atom. The molecular weight excluding hydrogens is 321 g/mol. The van der Waals surface area contributed by atoms with Crippen LogP contribution >= 0.6 is 0 Å². The van der Waals surface area contributed by atoms with Crippen molar-refractivity contribution in [3.8, 4) is 0 Å². The van der Waals surface area contributed by atoms with Gasteiger partial charge in [-0.15, -0.1) is 0 Å². The first-order valence-corrected chi connectivity index (χ1v) is 8.23. The van der Waals surface area contributed by atoms with Gasteiger partial charge in [0.1, 0.15) is 5.82 Å². The third kappa shape index (κ3) is 3.96. The molecule has 0 saturated carbocycles. The van der Waals surface area contributed by atoms with Crippen LogP contribution in [0.25, 0.3) is 0 Å². The molecule has 0 bridgehead atoms. The van der Waals surface area contributed by atoms with Gasteiger partial charge < -0.3 is 10.2 Å². The molecule has 1 heterocycles. The summed E-state index contributed by atoms with van der Waals surface area (Å²) in [6.45, 7) is 2.57. The average Bonchev–Trinajstić information content (AvgIpc) is 2.59. The number of hydrogen-bond acceptors (Lipinski definition) is 3. The summed E-state index contributed by atoms with van der Waals surface area (Å²) in [5.74, 6) is -0.669. The van der Waals surface area contributed by atoms with Crippen molar-refractivity contribution in [1.82, 2.24) is 5.32 Å². The van der Waals surface area contributed by atoms with E-state index in [0.717, 1.165) is 17.7 Å². The van der Waals surface area contributed by atoms with Crippen molar-refractivity contribution >= 4 is 23.3 Å². The summed E-state index contributed by atoms with van der Waals surface area (Å²) in [6.07, 6.45) is 1.44. The molecule has 2 aromatic rings. The Morgan fingerprint density at radius 1 is 1.16 bits per heavy atom. The van der Waals surface area contributed by atoms with Gasteiger partial charge >= 0.3 is 6.03 Å². The number of urea groups is 1. The van der Waals surface area contributed by atoms with Crippen LogP contribution in [-0.2, 0) is 11.2 Å². The number of hydrogen-bond donors (Lipinski definition) is 2. The highest BCUT2D eigenvalue weighted by atomic mass is 19.1. The monoisotopic (exact) mass is 341 g/mol. The summed E-state index contributed by atoms with van der Waals surface area (Å²) >= 11 is 0. The van der Waals surface area contributed by atoms with Crippen molar-refractivity contribution in [2.45, 2.75) is 19.8 Å². The predicted octanol–water partition coefficient (Wildman–Crippen LogP) is 3.24. The average molecular weight is 341 g/mol. The van der Waals surface area contributed by atoms with Gasteiger partial charge in [-0.25, -0.2) is 9.18 Å². The molecule has 3 rings (SSSR count). The fourth-order valence-corrected chi connectivity index (χ4v) is 3.15. The van der Waals surface area contributed by atoms with Crippen molar-refractivity contribution < 1.29 is 14.0 Å². The quantitative estimate of drug-likeness (QED) is 0.901. The van der Waals surface area contributed by atoms with E-state index in [2.05, 4.69) is 10.6 Å². The number of amides is 3. The summed E-state index contributed by atoms with van der Waals surface area (Å²) < 4.78 is 14.0. The van der Waals surface area contributed by atoms with Crippen molar-refractivity contribution in [1.29, 1.82) is 0 Å². The molecule has 6 heteroatoms. The molecular formula is C19H20FN3O2. The minimum absolute atomic E-state index is 0.0134. The van der Waals surface area contributed by atoms with Crippen LogP contribution in [0.3, 0.4) is 0 Å². The van der Waals surface area contributed by atoms with Crippen LogP contribution in [0.15, 0.2) is 42.5 Å². The first kappa shape index (κ1) is 17.0. The smallest absolute Gasteiger partial charge is 0.325 e. The minimum Gasteiger partial charge on any atom is -0.362 e. The number of rotatable bonds is 3. The molecule has 0 aliphatic carbocycles. The highest BCUT2D eigenvalue weighted by Gasteiger charge is 2.24. The number of carbonyl (C=O) groups excluding carboxylic acids is 2. The normalized spacial score (nSPS) is 13.1. The molecule has 0 atom stereocenters. The highest BCUT2D eigenvalue weighted by Crippen LogP contribution is 2.32. The molecule has 0 spiro atoms. The summed E-state index contributed by atoms with van der Waals surface area (Å²) in [5.41, 5.74) is 2.95. The lowest BCUT2D eigenvalue weighted by Gasteiger charge is -2.32. The van der Waals surface area contributed by atoms with E-state index in [4.69, 9.17) is 0 Å². The third-order valence-corrected chi connectivity index (χ3v) is 4.22. The van der Waals surface area contributed by atoms with Crippen LogP contribution in [0.5, 0.6) is 0 Å². The molecule has 0 fully saturated rings. The highest BCUT2D eigenvalue weighted by molar-refractivity contribution is 6.02. The number of aryl methyl sites for hydroxylation is 1. The lowest BCUT2D eigenvalue weighted by Crippen LogP contribution is -2.43. The molecule has 2 aromatic carbocycles. The molecule has 2 N–H and O–H groups in total. The van der Waals surface area contributed by atoms with E-state index in [0.29, 0.717) is 24.2 Å². The Bertz CT molecular complexity index is 793. The van der Waals surface area contributed by atoms with Crippen LogP contribution < -0.4 is 15.5 Å². The maximum atomic E-state index is 14.0. The Hall–Kier alpha value is -2.89. The number of imide groups is 1. The van der Waals surface area contributed by atoms with Crippen molar-refractivity contribution in [2.75, 3.05) is 23.3 Å². The summed E-state index contributed by atoms with van der Waals surface area (Å²) in [7, 11) is 0. The van der Waals surface area contributed by atoms with Gasteiger partial charge in [0.2, 0.25) is 5.91 Å². The van der Waals surface area contributed by atoms with Crippen LogP contribution in [0.4, 0.5) is 20.6 Å². The zero-order valence-corrected chi connectivity index (χ0v) is 14.0. The Balaban J connectivity index is 1.65. The van der Waals surface area contributed by atoms with Crippen molar-refractivity contribution in [2.24, 2.45) is 0 Å². The predicted molar refractivity (Wildman–Crippen MR) is 95.3 cm³/mol.